The lowest BCUT2D eigenvalue weighted by Gasteiger charge is -2.08. The second-order valence-corrected chi connectivity index (χ2v) is 7.44. The number of amides is 1. The monoisotopic (exact) mass is 428 g/mol. The average molecular weight is 429 g/mol. The summed E-state index contributed by atoms with van der Waals surface area (Å²) in [6.45, 7) is 0.0915. The van der Waals surface area contributed by atoms with Crippen molar-refractivity contribution in [3.63, 3.8) is 0 Å². The number of hydrogen-bond donors (Lipinski definition) is 1. The molecular formula is C20H14ClFN4O2S. The highest BCUT2D eigenvalue weighted by atomic mass is 35.5. The molecule has 6 nitrogen and oxygen atoms in total. The van der Waals surface area contributed by atoms with E-state index in [4.69, 9.17) is 11.6 Å². The molecule has 0 spiro atoms. The van der Waals surface area contributed by atoms with Crippen LogP contribution in [0.1, 0.15) is 5.56 Å². The van der Waals surface area contributed by atoms with Crippen molar-refractivity contribution in [3.8, 4) is 11.3 Å². The molecule has 0 aliphatic rings. The number of hydrogen-bond acceptors (Lipinski definition) is 5. The van der Waals surface area contributed by atoms with Crippen LogP contribution in [0.15, 0.2) is 59.7 Å². The molecule has 2 heterocycles. The molecule has 2 aromatic heterocycles. The number of rotatable bonds is 5. The molecule has 0 unspecified atom stereocenters. The predicted molar refractivity (Wildman–Crippen MR) is 110 cm³/mol. The number of carbonyl (C=O) groups is 1. The molecular weight excluding hydrogens is 415 g/mol. The first kappa shape index (κ1) is 19.2. The van der Waals surface area contributed by atoms with Gasteiger partial charge in [-0.15, -0.1) is 0 Å². The van der Waals surface area contributed by atoms with Crippen molar-refractivity contribution in [3.05, 3.63) is 81.6 Å². The first-order chi connectivity index (χ1) is 14.0. The van der Waals surface area contributed by atoms with E-state index in [2.05, 4.69) is 14.7 Å². The van der Waals surface area contributed by atoms with Crippen LogP contribution in [0.3, 0.4) is 0 Å². The molecule has 0 radical (unpaired) electrons. The fraction of sp³-hybridized carbons (Fsp3) is 0.100. The van der Waals surface area contributed by atoms with Crippen LogP contribution in [0.5, 0.6) is 0 Å². The summed E-state index contributed by atoms with van der Waals surface area (Å²) in [5.74, 6) is -0.692. The van der Waals surface area contributed by atoms with E-state index in [1.165, 1.54) is 23.0 Å². The summed E-state index contributed by atoms with van der Waals surface area (Å²) in [6, 6.07) is 13.0. The molecule has 0 saturated carbocycles. The Balaban J connectivity index is 1.53. The molecule has 0 aliphatic carbocycles. The molecule has 0 saturated heterocycles. The zero-order valence-electron chi connectivity index (χ0n) is 14.9. The number of carbonyl (C=O) groups excluding carboxylic acids is 1. The molecule has 146 valence electrons. The maximum atomic E-state index is 13.1. The van der Waals surface area contributed by atoms with Gasteiger partial charge in [0.2, 0.25) is 5.91 Å². The lowest BCUT2D eigenvalue weighted by atomic mass is 10.1. The SMILES string of the molecule is O=C(Cn1cnc2c(-c3ccc(F)cc3)nsc2c1=O)NCc1ccccc1Cl. The average Bonchev–Trinajstić information content (AvgIpc) is 3.15. The fourth-order valence-corrected chi connectivity index (χ4v) is 3.82. The van der Waals surface area contributed by atoms with Crippen LogP contribution in [0.25, 0.3) is 21.5 Å². The zero-order chi connectivity index (χ0) is 20.4. The van der Waals surface area contributed by atoms with Gasteiger partial charge in [0, 0.05) is 17.1 Å². The van der Waals surface area contributed by atoms with Crippen molar-refractivity contribution in [2.45, 2.75) is 13.1 Å². The third kappa shape index (κ3) is 4.03. The van der Waals surface area contributed by atoms with Gasteiger partial charge in [0.15, 0.2) is 0 Å². The van der Waals surface area contributed by atoms with Crippen molar-refractivity contribution in [1.82, 2.24) is 19.2 Å². The fourth-order valence-electron chi connectivity index (χ4n) is 2.81. The Labute approximate surface area is 173 Å². The van der Waals surface area contributed by atoms with Gasteiger partial charge in [-0.2, -0.15) is 4.37 Å². The highest BCUT2D eigenvalue weighted by Crippen LogP contribution is 2.27. The first-order valence-corrected chi connectivity index (χ1v) is 9.79. The van der Waals surface area contributed by atoms with E-state index in [0.717, 1.165) is 17.1 Å². The van der Waals surface area contributed by atoms with Crippen molar-refractivity contribution < 1.29 is 9.18 Å². The van der Waals surface area contributed by atoms with Crippen LogP contribution in [0, 0.1) is 5.82 Å². The molecule has 0 atom stereocenters. The molecule has 9 heteroatoms. The number of nitrogens with one attached hydrogen (secondary N) is 1. The number of halogens is 2. The van der Waals surface area contributed by atoms with Crippen LogP contribution in [0.2, 0.25) is 5.02 Å². The van der Waals surface area contributed by atoms with Gasteiger partial charge in [-0.3, -0.25) is 14.2 Å². The number of fused-ring (bicyclic) bond motifs is 1. The number of nitrogens with zero attached hydrogens (tertiary/aromatic N) is 3. The largest absolute Gasteiger partial charge is 0.350 e. The molecule has 1 amide bonds. The van der Waals surface area contributed by atoms with E-state index in [-0.39, 0.29) is 30.4 Å². The van der Waals surface area contributed by atoms with Crippen molar-refractivity contribution in [2.24, 2.45) is 0 Å². The van der Waals surface area contributed by atoms with Crippen molar-refractivity contribution in [1.29, 1.82) is 0 Å². The second kappa shape index (κ2) is 8.10. The number of aromatic nitrogens is 3. The van der Waals surface area contributed by atoms with Gasteiger partial charge in [-0.25, -0.2) is 9.37 Å². The van der Waals surface area contributed by atoms with Crippen LogP contribution in [-0.4, -0.2) is 19.8 Å². The maximum Gasteiger partial charge on any atom is 0.273 e. The summed E-state index contributed by atoms with van der Waals surface area (Å²) in [5.41, 5.74) is 2.04. The lowest BCUT2D eigenvalue weighted by molar-refractivity contribution is -0.121. The van der Waals surface area contributed by atoms with E-state index >= 15 is 0 Å². The molecule has 0 fully saturated rings. The molecule has 4 rings (SSSR count). The molecule has 0 bridgehead atoms. The third-order valence-corrected chi connectivity index (χ3v) is 5.51. The molecule has 4 aromatic rings. The van der Waals surface area contributed by atoms with Gasteiger partial charge in [-0.05, 0) is 47.4 Å². The van der Waals surface area contributed by atoms with Crippen molar-refractivity contribution in [2.75, 3.05) is 0 Å². The minimum Gasteiger partial charge on any atom is -0.350 e. The topological polar surface area (TPSA) is 76.9 Å². The highest BCUT2D eigenvalue weighted by molar-refractivity contribution is 7.13. The van der Waals surface area contributed by atoms with Crippen molar-refractivity contribution >= 4 is 39.3 Å². The molecule has 0 aliphatic heterocycles. The quantitative estimate of drug-likeness (QED) is 0.526. The summed E-state index contributed by atoms with van der Waals surface area (Å²) in [4.78, 5) is 29.3. The van der Waals surface area contributed by atoms with Gasteiger partial charge in [0.1, 0.15) is 28.3 Å². The van der Waals surface area contributed by atoms with E-state index in [9.17, 15) is 14.0 Å². The maximum absolute atomic E-state index is 13.1. The summed E-state index contributed by atoms with van der Waals surface area (Å²) < 4.78 is 19.0. The van der Waals surface area contributed by atoms with E-state index in [1.807, 2.05) is 18.2 Å². The molecule has 1 N–H and O–H groups in total. The minimum atomic E-state index is -0.355. The summed E-state index contributed by atoms with van der Waals surface area (Å²) >= 11 is 7.08. The van der Waals surface area contributed by atoms with Crippen LogP contribution < -0.4 is 10.9 Å². The van der Waals surface area contributed by atoms with E-state index in [0.29, 0.717) is 26.5 Å². The van der Waals surface area contributed by atoms with Crippen LogP contribution >= 0.6 is 23.1 Å². The van der Waals surface area contributed by atoms with Gasteiger partial charge < -0.3 is 5.32 Å². The van der Waals surface area contributed by atoms with Gasteiger partial charge in [-0.1, -0.05) is 29.8 Å². The Morgan fingerprint density at radius 1 is 1.17 bits per heavy atom. The van der Waals surface area contributed by atoms with Gasteiger partial charge in [0.25, 0.3) is 5.56 Å². The number of benzene rings is 2. The highest BCUT2D eigenvalue weighted by Gasteiger charge is 2.15. The molecule has 29 heavy (non-hydrogen) atoms. The Morgan fingerprint density at radius 2 is 1.93 bits per heavy atom. The zero-order valence-corrected chi connectivity index (χ0v) is 16.5. The normalized spacial score (nSPS) is 11.0. The van der Waals surface area contributed by atoms with Crippen LogP contribution in [-0.2, 0) is 17.9 Å². The first-order valence-electron chi connectivity index (χ1n) is 8.64. The second-order valence-electron chi connectivity index (χ2n) is 6.26. The summed E-state index contributed by atoms with van der Waals surface area (Å²) in [6.07, 6.45) is 1.32. The minimum absolute atomic E-state index is 0.171. The Kier molecular flexibility index (Phi) is 5.37. The Hall–Kier alpha value is -3.10. The smallest absolute Gasteiger partial charge is 0.273 e. The van der Waals surface area contributed by atoms with Gasteiger partial charge >= 0.3 is 0 Å². The summed E-state index contributed by atoms with van der Waals surface area (Å²) in [5, 5.41) is 3.30. The van der Waals surface area contributed by atoms with E-state index < -0.39 is 0 Å². The predicted octanol–water partition coefficient (Wildman–Crippen LogP) is 3.63. The summed E-state index contributed by atoms with van der Waals surface area (Å²) in [7, 11) is 0. The Bertz CT molecular complexity index is 1250. The van der Waals surface area contributed by atoms with E-state index in [1.54, 1.807) is 18.2 Å². The third-order valence-electron chi connectivity index (χ3n) is 4.31. The van der Waals surface area contributed by atoms with Gasteiger partial charge in [0.05, 0.1) is 6.33 Å². The van der Waals surface area contributed by atoms with Crippen LogP contribution in [0.4, 0.5) is 4.39 Å². The molecule has 2 aromatic carbocycles. The Morgan fingerprint density at radius 3 is 2.69 bits per heavy atom. The lowest BCUT2D eigenvalue weighted by Crippen LogP contribution is -2.32. The standard InChI is InChI=1S/C20H14ClFN4O2S/c21-15-4-2-1-3-13(15)9-23-16(27)10-26-11-24-18-17(25-29-19(18)20(26)28)12-5-7-14(22)8-6-12/h1-8,11H,9-10H2,(H,23,27).